The molecule has 0 bridgehead atoms. The normalized spacial score (nSPS) is 10.9. The zero-order chi connectivity index (χ0) is 18.8. The van der Waals surface area contributed by atoms with Gasteiger partial charge >= 0.3 is 0 Å². The van der Waals surface area contributed by atoms with E-state index < -0.39 is 0 Å². The number of rotatable bonds is 5. The molecule has 27 heavy (non-hydrogen) atoms. The Morgan fingerprint density at radius 3 is 2.85 bits per heavy atom. The van der Waals surface area contributed by atoms with Gasteiger partial charge in [0.15, 0.2) is 10.9 Å². The zero-order valence-electron chi connectivity index (χ0n) is 14.4. The first-order valence-corrected chi connectivity index (χ1v) is 8.57. The molecule has 3 heterocycles. The van der Waals surface area contributed by atoms with Gasteiger partial charge in [0.2, 0.25) is 0 Å². The molecule has 0 fully saturated rings. The minimum absolute atomic E-state index is 0.0573. The minimum Gasteiger partial charge on any atom is -0.505 e. The van der Waals surface area contributed by atoms with Crippen LogP contribution in [0.2, 0.25) is 5.15 Å². The molecule has 0 aliphatic rings. The Morgan fingerprint density at radius 1 is 1.19 bits per heavy atom. The molecule has 0 aliphatic carbocycles. The lowest BCUT2D eigenvalue weighted by atomic mass is 10.1. The topological polar surface area (TPSA) is 85.1 Å². The molecule has 0 radical (unpaired) electrons. The van der Waals surface area contributed by atoms with Gasteiger partial charge in [0.25, 0.3) is 0 Å². The third-order valence-electron chi connectivity index (χ3n) is 3.98. The molecular formula is C19H16ClN5O2. The third-order valence-corrected chi connectivity index (χ3v) is 4.27. The van der Waals surface area contributed by atoms with Crippen LogP contribution in [0.4, 0.5) is 11.5 Å². The monoisotopic (exact) mass is 381 g/mol. The Bertz CT molecular complexity index is 1110. The fourth-order valence-corrected chi connectivity index (χ4v) is 2.80. The van der Waals surface area contributed by atoms with Crippen molar-refractivity contribution < 1.29 is 9.84 Å². The summed E-state index contributed by atoms with van der Waals surface area (Å²) in [6.45, 7) is 0.450. The van der Waals surface area contributed by atoms with Crippen LogP contribution in [-0.4, -0.2) is 24.9 Å². The Kier molecular flexibility index (Phi) is 4.52. The highest BCUT2D eigenvalue weighted by Crippen LogP contribution is 2.30. The van der Waals surface area contributed by atoms with E-state index in [2.05, 4.69) is 20.4 Å². The standard InChI is InChI=1S/C19H16ClN5O2/c1-25-10-12(8-23-25)11-27-15-2-3-16-13(6-15)4-5-21-19(16)24-14-7-17(26)18(20)22-9-14/h2-10,26H,11H2,1H3,(H,21,24). The fraction of sp³-hybridized carbons (Fsp3) is 0.105. The molecular weight excluding hydrogens is 366 g/mol. The van der Waals surface area contributed by atoms with Gasteiger partial charge < -0.3 is 15.2 Å². The molecule has 7 nitrogen and oxygen atoms in total. The van der Waals surface area contributed by atoms with Crippen LogP contribution in [0.1, 0.15) is 5.56 Å². The summed E-state index contributed by atoms with van der Waals surface area (Å²) >= 11 is 5.75. The number of hydrogen-bond donors (Lipinski definition) is 2. The lowest BCUT2D eigenvalue weighted by Crippen LogP contribution is -1.97. The van der Waals surface area contributed by atoms with Gasteiger partial charge in [0.05, 0.1) is 18.1 Å². The van der Waals surface area contributed by atoms with E-state index >= 15 is 0 Å². The van der Waals surface area contributed by atoms with Gasteiger partial charge in [-0.1, -0.05) is 11.6 Å². The molecule has 0 amide bonds. The number of hydrogen-bond acceptors (Lipinski definition) is 6. The van der Waals surface area contributed by atoms with E-state index in [1.54, 1.807) is 17.1 Å². The Balaban J connectivity index is 1.57. The largest absolute Gasteiger partial charge is 0.505 e. The predicted octanol–water partition coefficient (Wildman–Crippen LogP) is 4.04. The quantitative estimate of drug-likeness (QED) is 0.507. The van der Waals surface area contributed by atoms with Gasteiger partial charge in [0.1, 0.15) is 18.2 Å². The molecule has 0 saturated heterocycles. The summed E-state index contributed by atoms with van der Waals surface area (Å²) < 4.78 is 7.59. The minimum atomic E-state index is -0.0898. The van der Waals surface area contributed by atoms with E-state index in [4.69, 9.17) is 16.3 Å². The maximum atomic E-state index is 9.70. The average Bonchev–Trinajstić information content (AvgIpc) is 3.08. The molecule has 0 unspecified atom stereocenters. The lowest BCUT2D eigenvalue weighted by molar-refractivity contribution is 0.306. The average molecular weight is 382 g/mol. The van der Waals surface area contributed by atoms with Crippen molar-refractivity contribution in [3.63, 3.8) is 0 Å². The van der Waals surface area contributed by atoms with Gasteiger partial charge in [-0.2, -0.15) is 5.10 Å². The van der Waals surface area contributed by atoms with Crippen molar-refractivity contribution in [3.05, 3.63) is 65.8 Å². The molecule has 0 spiro atoms. The van der Waals surface area contributed by atoms with Gasteiger partial charge in [-0.25, -0.2) is 9.97 Å². The summed E-state index contributed by atoms with van der Waals surface area (Å²) in [5.74, 6) is 1.32. The van der Waals surface area contributed by atoms with Crippen molar-refractivity contribution in [2.45, 2.75) is 6.61 Å². The van der Waals surface area contributed by atoms with E-state index in [9.17, 15) is 5.11 Å². The van der Waals surface area contributed by atoms with Gasteiger partial charge in [-0.05, 0) is 29.7 Å². The van der Waals surface area contributed by atoms with Crippen molar-refractivity contribution >= 4 is 33.9 Å². The summed E-state index contributed by atoms with van der Waals surface area (Å²) in [7, 11) is 1.87. The fourth-order valence-electron chi connectivity index (χ4n) is 2.70. The molecule has 136 valence electrons. The van der Waals surface area contributed by atoms with E-state index in [1.807, 2.05) is 37.5 Å². The molecule has 4 rings (SSSR count). The molecule has 0 aliphatic heterocycles. The SMILES string of the molecule is Cn1cc(COc2ccc3c(Nc4cnc(Cl)c(O)c4)nccc3c2)cn1. The van der Waals surface area contributed by atoms with Gasteiger partial charge in [-0.3, -0.25) is 4.68 Å². The van der Waals surface area contributed by atoms with Crippen LogP contribution < -0.4 is 10.1 Å². The molecule has 1 aromatic carbocycles. The lowest BCUT2D eigenvalue weighted by Gasteiger charge is -2.11. The van der Waals surface area contributed by atoms with Crippen LogP contribution >= 0.6 is 11.6 Å². The summed E-state index contributed by atoms with van der Waals surface area (Å²) in [6, 6.07) is 9.20. The molecule has 4 aromatic rings. The van der Waals surface area contributed by atoms with Crippen LogP contribution in [-0.2, 0) is 13.7 Å². The number of halogens is 1. The summed E-state index contributed by atoms with van der Waals surface area (Å²) in [6.07, 6.45) is 6.94. The Labute approximate surface area is 160 Å². The van der Waals surface area contributed by atoms with E-state index in [1.165, 1.54) is 12.3 Å². The van der Waals surface area contributed by atoms with Crippen molar-refractivity contribution in [2.75, 3.05) is 5.32 Å². The van der Waals surface area contributed by atoms with Crippen molar-refractivity contribution in [1.82, 2.24) is 19.7 Å². The second kappa shape index (κ2) is 7.13. The Hall–Kier alpha value is -3.32. The number of ether oxygens (including phenoxy) is 1. The van der Waals surface area contributed by atoms with Crippen LogP contribution in [0.15, 0.2) is 55.1 Å². The van der Waals surface area contributed by atoms with Crippen LogP contribution in [0, 0.1) is 0 Å². The van der Waals surface area contributed by atoms with E-state index in [-0.39, 0.29) is 10.9 Å². The Morgan fingerprint density at radius 2 is 2.07 bits per heavy atom. The first-order chi connectivity index (χ1) is 13.1. The number of anilines is 2. The van der Waals surface area contributed by atoms with E-state index in [0.717, 1.165) is 22.1 Å². The third kappa shape index (κ3) is 3.78. The highest BCUT2D eigenvalue weighted by atomic mass is 35.5. The number of pyridine rings is 2. The van der Waals surface area contributed by atoms with Gasteiger partial charge in [0, 0.05) is 36.5 Å². The first-order valence-electron chi connectivity index (χ1n) is 8.19. The van der Waals surface area contributed by atoms with Crippen LogP contribution in [0.3, 0.4) is 0 Å². The molecule has 3 aromatic heterocycles. The van der Waals surface area contributed by atoms with Gasteiger partial charge in [-0.15, -0.1) is 0 Å². The number of nitrogens with one attached hydrogen (secondary N) is 1. The summed E-state index contributed by atoms with van der Waals surface area (Å²) in [5, 5.41) is 18.9. The molecule has 0 atom stereocenters. The zero-order valence-corrected chi connectivity index (χ0v) is 15.2. The van der Waals surface area contributed by atoms with Crippen molar-refractivity contribution in [3.8, 4) is 11.5 Å². The number of aryl methyl sites for hydroxylation is 1. The number of aromatic nitrogens is 4. The molecule has 0 saturated carbocycles. The second-order valence-corrected chi connectivity index (χ2v) is 6.37. The molecule has 2 N–H and O–H groups in total. The first kappa shape index (κ1) is 17.1. The highest BCUT2D eigenvalue weighted by Gasteiger charge is 2.07. The highest BCUT2D eigenvalue weighted by molar-refractivity contribution is 6.30. The van der Waals surface area contributed by atoms with Crippen LogP contribution in [0.25, 0.3) is 10.8 Å². The smallest absolute Gasteiger partial charge is 0.170 e. The maximum Gasteiger partial charge on any atom is 0.170 e. The van der Waals surface area contributed by atoms with Crippen molar-refractivity contribution in [2.24, 2.45) is 7.05 Å². The maximum absolute atomic E-state index is 9.70. The number of benzene rings is 1. The second-order valence-electron chi connectivity index (χ2n) is 6.01. The number of nitrogens with zero attached hydrogens (tertiary/aromatic N) is 4. The number of aromatic hydroxyl groups is 1. The summed E-state index contributed by atoms with van der Waals surface area (Å²) in [4.78, 5) is 8.30. The van der Waals surface area contributed by atoms with E-state index in [0.29, 0.717) is 18.1 Å². The van der Waals surface area contributed by atoms with Crippen LogP contribution in [0.5, 0.6) is 11.5 Å². The summed E-state index contributed by atoms with van der Waals surface area (Å²) in [5.41, 5.74) is 1.60. The van der Waals surface area contributed by atoms with Crippen molar-refractivity contribution in [1.29, 1.82) is 0 Å². The number of fused-ring (bicyclic) bond motifs is 1. The molecule has 8 heteroatoms. The predicted molar refractivity (Wildman–Crippen MR) is 103 cm³/mol.